The maximum Gasteiger partial charge on any atom is 0.0766 e. The van der Waals surface area contributed by atoms with Gasteiger partial charge < -0.3 is 5.73 Å². The molecule has 0 aliphatic heterocycles. The van der Waals surface area contributed by atoms with Gasteiger partial charge in [0.1, 0.15) is 0 Å². The van der Waals surface area contributed by atoms with Gasteiger partial charge in [-0.25, -0.2) is 0 Å². The second-order valence-electron chi connectivity index (χ2n) is 4.68. The first-order chi connectivity index (χ1) is 8.49. The zero-order valence-electron chi connectivity index (χ0n) is 10.9. The molecule has 0 radical (unpaired) electrons. The molecule has 98 valence electrons. The summed E-state index contributed by atoms with van der Waals surface area (Å²) in [6, 6.07) is 2.25. The SMILES string of the molecule is Cc1nn(Cc2sccc2Br)c(C)c1CC(C)N. The largest absolute Gasteiger partial charge is 0.328 e. The fourth-order valence-electron chi connectivity index (χ4n) is 2.08. The van der Waals surface area contributed by atoms with Gasteiger partial charge in [0.15, 0.2) is 0 Å². The average Bonchev–Trinajstić information content (AvgIpc) is 2.79. The van der Waals surface area contributed by atoms with Crippen LogP contribution in [0.25, 0.3) is 0 Å². The van der Waals surface area contributed by atoms with Gasteiger partial charge in [0.05, 0.1) is 12.2 Å². The molecule has 2 rings (SSSR count). The number of nitrogens with two attached hydrogens (primary N) is 1. The fourth-order valence-corrected chi connectivity index (χ4v) is 3.54. The summed E-state index contributed by atoms with van der Waals surface area (Å²) in [5.41, 5.74) is 9.50. The van der Waals surface area contributed by atoms with Crippen molar-refractivity contribution in [3.05, 3.63) is 37.7 Å². The van der Waals surface area contributed by atoms with E-state index >= 15 is 0 Å². The number of thiophene rings is 1. The van der Waals surface area contributed by atoms with Crippen molar-refractivity contribution in [1.82, 2.24) is 9.78 Å². The zero-order valence-corrected chi connectivity index (χ0v) is 13.3. The maximum atomic E-state index is 5.89. The highest BCUT2D eigenvalue weighted by atomic mass is 79.9. The van der Waals surface area contributed by atoms with Crippen molar-refractivity contribution in [1.29, 1.82) is 0 Å². The number of hydrogen-bond acceptors (Lipinski definition) is 3. The van der Waals surface area contributed by atoms with Gasteiger partial charge in [0.25, 0.3) is 0 Å². The Labute approximate surface area is 120 Å². The van der Waals surface area contributed by atoms with Crippen LogP contribution in [0, 0.1) is 13.8 Å². The van der Waals surface area contributed by atoms with Crippen LogP contribution in [-0.2, 0) is 13.0 Å². The summed E-state index contributed by atoms with van der Waals surface area (Å²) >= 11 is 5.31. The topological polar surface area (TPSA) is 43.8 Å². The lowest BCUT2D eigenvalue weighted by atomic mass is 10.1. The Hall–Kier alpha value is -0.650. The average molecular weight is 328 g/mol. The van der Waals surface area contributed by atoms with Gasteiger partial charge >= 0.3 is 0 Å². The van der Waals surface area contributed by atoms with Crippen molar-refractivity contribution < 1.29 is 0 Å². The molecule has 0 saturated carbocycles. The Morgan fingerprint density at radius 1 is 1.50 bits per heavy atom. The molecule has 0 bridgehead atoms. The number of rotatable bonds is 4. The first kappa shape index (κ1) is 13.8. The fraction of sp³-hybridized carbons (Fsp3) is 0.462. The molecule has 2 aromatic heterocycles. The molecular weight excluding hydrogens is 310 g/mol. The molecule has 0 spiro atoms. The Morgan fingerprint density at radius 2 is 2.22 bits per heavy atom. The maximum absolute atomic E-state index is 5.89. The lowest BCUT2D eigenvalue weighted by Crippen LogP contribution is -2.18. The zero-order chi connectivity index (χ0) is 13.3. The van der Waals surface area contributed by atoms with Crippen molar-refractivity contribution in [2.24, 2.45) is 5.73 Å². The van der Waals surface area contributed by atoms with E-state index in [0.29, 0.717) is 0 Å². The Balaban J connectivity index is 2.27. The molecule has 3 nitrogen and oxygen atoms in total. The van der Waals surface area contributed by atoms with E-state index in [1.54, 1.807) is 11.3 Å². The van der Waals surface area contributed by atoms with Crippen LogP contribution in [0.2, 0.25) is 0 Å². The van der Waals surface area contributed by atoms with Crippen LogP contribution in [0.5, 0.6) is 0 Å². The predicted octanol–water partition coefficient (Wildman–Crippen LogP) is 3.26. The molecule has 0 aromatic carbocycles. The van der Waals surface area contributed by atoms with E-state index in [9.17, 15) is 0 Å². The molecule has 5 heteroatoms. The monoisotopic (exact) mass is 327 g/mol. The molecule has 1 atom stereocenters. The summed E-state index contributed by atoms with van der Waals surface area (Å²) in [5.74, 6) is 0. The molecular formula is C13H18BrN3S. The third-order valence-electron chi connectivity index (χ3n) is 3.04. The minimum absolute atomic E-state index is 0.175. The molecule has 0 aliphatic carbocycles. The summed E-state index contributed by atoms with van der Waals surface area (Å²) in [5, 5.41) is 6.72. The summed E-state index contributed by atoms with van der Waals surface area (Å²) in [6.45, 7) is 7.04. The van der Waals surface area contributed by atoms with Crippen LogP contribution in [0.1, 0.15) is 28.8 Å². The molecule has 18 heavy (non-hydrogen) atoms. The van der Waals surface area contributed by atoms with Gasteiger partial charge in [-0.1, -0.05) is 0 Å². The molecule has 0 saturated heterocycles. The molecule has 2 aromatic rings. The normalized spacial score (nSPS) is 12.9. The van der Waals surface area contributed by atoms with Gasteiger partial charge in [-0.2, -0.15) is 5.10 Å². The summed E-state index contributed by atoms with van der Waals surface area (Å²) in [4.78, 5) is 1.30. The standard InChI is InChI=1S/C13H18BrN3S/c1-8(15)6-11-9(2)16-17(10(11)3)7-13-12(14)4-5-18-13/h4-5,8H,6-7,15H2,1-3H3. The van der Waals surface area contributed by atoms with Crippen LogP contribution < -0.4 is 5.73 Å². The molecule has 0 amide bonds. The van der Waals surface area contributed by atoms with Crippen molar-refractivity contribution in [3.63, 3.8) is 0 Å². The lowest BCUT2D eigenvalue weighted by molar-refractivity contribution is 0.661. The third kappa shape index (κ3) is 2.84. The van der Waals surface area contributed by atoms with Crippen molar-refractivity contribution in [2.45, 2.75) is 39.8 Å². The van der Waals surface area contributed by atoms with Gasteiger partial charge in [-0.3, -0.25) is 4.68 Å². The van der Waals surface area contributed by atoms with Crippen LogP contribution >= 0.6 is 27.3 Å². The van der Waals surface area contributed by atoms with E-state index in [1.807, 2.05) is 6.92 Å². The van der Waals surface area contributed by atoms with E-state index in [0.717, 1.165) is 23.1 Å². The van der Waals surface area contributed by atoms with E-state index in [-0.39, 0.29) is 6.04 Å². The van der Waals surface area contributed by atoms with Gasteiger partial charge in [-0.05, 0) is 60.1 Å². The minimum Gasteiger partial charge on any atom is -0.328 e. The number of nitrogens with zero attached hydrogens (tertiary/aromatic N) is 2. The highest BCUT2D eigenvalue weighted by molar-refractivity contribution is 9.10. The second-order valence-corrected chi connectivity index (χ2v) is 6.54. The number of aromatic nitrogens is 2. The molecule has 0 fully saturated rings. The van der Waals surface area contributed by atoms with E-state index < -0.39 is 0 Å². The number of halogens is 1. The van der Waals surface area contributed by atoms with Gasteiger partial charge in [0, 0.05) is 21.1 Å². The highest BCUT2D eigenvalue weighted by Gasteiger charge is 2.14. The Bertz CT molecular complexity index is 542. The molecule has 1 unspecified atom stereocenters. The van der Waals surface area contributed by atoms with Gasteiger partial charge in [0.2, 0.25) is 0 Å². The summed E-state index contributed by atoms with van der Waals surface area (Å²) in [7, 11) is 0. The number of aryl methyl sites for hydroxylation is 1. The Morgan fingerprint density at radius 3 is 2.78 bits per heavy atom. The highest BCUT2D eigenvalue weighted by Crippen LogP contribution is 2.25. The van der Waals surface area contributed by atoms with E-state index in [2.05, 4.69) is 51.0 Å². The predicted molar refractivity (Wildman–Crippen MR) is 80.2 cm³/mol. The summed E-state index contributed by atoms with van der Waals surface area (Å²) < 4.78 is 3.23. The molecule has 0 aliphatic rings. The molecule has 2 N–H and O–H groups in total. The van der Waals surface area contributed by atoms with E-state index in [1.165, 1.54) is 16.1 Å². The van der Waals surface area contributed by atoms with Crippen molar-refractivity contribution in [2.75, 3.05) is 0 Å². The van der Waals surface area contributed by atoms with Crippen LogP contribution in [0.3, 0.4) is 0 Å². The van der Waals surface area contributed by atoms with Crippen molar-refractivity contribution in [3.8, 4) is 0 Å². The first-order valence-corrected chi connectivity index (χ1v) is 7.66. The smallest absolute Gasteiger partial charge is 0.0766 e. The second kappa shape index (κ2) is 5.55. The van der Waals surface area contributed by atoms with Crippen LogP contribution in [0.15, 0.2) is 15.9 Å². The first-order valence-electron chi connectivity index (χ1n) is 5.99. The van der Waals surface area contributed by atoms with Gasteiger partial charge in [-0.15, -0.1) is 11.3 Å². The van der Waals surface area contributed by atoms with Crippen LogP contribution in [0.4, 0.5) is 0 Å². The third-order valence-corrected chi connectivity index (χ3v) is 4.95. The van der Waals surface area contributed by atoms with E-state index in [4.69, 9.17) is 5.73 Å². The quantitative estimate of drug-likeness (QED) is 0.936. The van der Waals surface area contributed by atoms with Crippen molar-refractivity contribution >= 4 is 27.3 Å². The lowest BCUT2D eigenvalue weighted by Gasteiger charge is -2.07. The minimum atomic E-state index is 0.175. The van der Waals surface area contributed by atoms with Crippen LogP contribution in [-0.4, -0.2) is 15.8 Å². The molecule has 2 heterocycles. The number of hydrogen-bond donors (Lipinski definition) is 1. The Kier molecular flexibility index (Phi) is 4.25. The summed E-state index contributed by atoms with van der Waals surface area (Å²) in [6.07, 6.45) is 0.892.